The number of carbonyl (C=O) groups excluding carboxylic acids is 1. The Morgan fingerprint density at radius 2 is 2.00 bits per heavy atom. The van der Waals surface area contributed by atoms with E-state index in [4.69, 9.17) is 20.8 Å². The van der Waals surface area contributed by atoms with Gasteiger partial charge < -0.3 is 14.5 Å². The average molecular weight is 356 g/mol. The summed E-state index contributed by atoms with van der Waals surface area (Å²) >= 11 is 6.06. The van der Waals surface area contributed by atoms with Crippen molar-refractivity contribution >= 4 is 34.6 Å². The number of carbonyl (C=O) groups is 1. The highest BCUT2D eigenvalue weighted by atomic mass is 35.5. The molecule has 5 heteroatoms. The Morgan fingerprint density at radius 3 is 2.76 bits per heavy atom. The first-order valence-electron chi connectivity index (χ1n) is 7.89. The minimum Gasteiger partial charge on any atom is -0.458 e. The molecule has 2 aromatic carbocycles. The van der Waals surface area contributed by atoms with Crippen molar-refractivity contribution in [3.05, 3.63) is 77.0 Å². The highest BCUT2D eigenvalue weighted by Gasteiger charge is 2.16. The molecule has 0 spiro atoms. The van der Waals surface area contributed by atoms with Gasteiger partial charge in [-0.2, -0.15) is 0 Å². The predicted molar refractivity (Wildman–Crippen MR) is 99.5 cm³/mol. The normalized spacial score (nSPS) is 12.6. The van der Waals surface area contributed by atoms with Crippen LogP contribution in [0.15, 0.2) is 65.1 Å². The smallest absolute Gasteiger partial charge is 0.244 e. The van der Waals surface area contributed by atoms with Crippen molar-refractivity contribution < 1.29 is 13.9 Å². The maximum atomic E-state index is 12.0. The number of benzene rings is 2. The average Bonchev–Trinajstić information content (AvgIpc) is 3.05. The highest BCUT2D eigenvalue weighted by molar-refractivity contribution is 6.32. The molecule has 0 aliphatic rings. The van der Waals surface area contributed by atoms with E-state index in [0.717, 1.165) is 16.5 Å². The molecule has 0 aliphatic carbocycles. The van der Waals surface area contributed by atoms with Gasteiger partial charge in [0.15, 0.2) is 0 Å². The van der Waals surface area contributed by atoms with Gasteiger partial charge in [0.25, 0.3) is 0 Å². The molecule has 1 aromatic heterocycles. The number of para-hydroxylation sites is 1. The summed E-state index contributed by atoms with van der Waals surface area (Å²) in [6, 6.07) is 17.0. The van der Waals surface area contributed by atoms with Crippen molar-refractivity contribution in [1.82, 2.24) is 5.32 Å². The van der Waals surface area contributed by atoms with Crippen LogP contribution in [0.5, 0.6) is 0 Å². The largest absolute Gasteiger partial charge is 0.458 e. The van der Waals surface area contributed by atoms with E-state index in [1.165, 1.54) is 6.08 Å². The standard InChI is InChI=1S/C20H18ClNO3/c1-24-19(18-12-15-7-3-5-9-17(15)25-18)13-22-20(23)11-10-14-6-2-4-8-16(14)21/h2-12,19H,13H2,1H3,(H,22,23). The number of methoxy groups -OCH3 is 1. The lowest BCUT2D eigenvalue weighted by atomic mass is 10.2. The molecule has 1 atom stereocenters. The Kier molecular flexibility index (Phi) is 5.53. The van der Waals surface area contributed by atoms with Crippen LogP contribution in [0.4, 0.5) is 0 Å². The van der Waals surface area contributed by atoms with Gasteiger partial charge in [-0.25, -0.2) is 0 Å². The van der Waals surface area contributed by atoms with E-state index in [9.17, 15) is 4.79 Å². The summed E-state index contributed by atoms with van der Waals surface area (Å²) in [6.45, 7) is 0.308. The number of rotatable bonds is 6. The van der Waals surface area contributed by atoms with Gasteiger partial charge in [0.05, 0.1) is 6.54 Å². The molecular weight excluding hydrogens is 338 g/mol. The second-order valence-corrected chi connectivity index (χ2v) is 5.92. The number of fused-ring (bicyclic) bond motifs is 1. The van der Waals surface area contributed by atoms with Gasteiger partial charge in [0.1, 0.15) is 17.4 Å². The van der Waals surface area contributed by atoms with E-state index in [1.54, 1.807) is 19.3 Å². The molecule has 0 saturated heterocycles. The Labute approximate surface area is 151 Å². The van der Waals surface area contributed by atoms with Gasteiger partial charge >= 0.3 is 0 Å². The third-order valence-electron chi connectivity index (χ3n) is 3.83. The molecule has 4 nitrogen and oxygen atoms in total. The van der Waals surface area contributed by atoms with Gasteiger partial charge in [-0.15, -0.1) is 0 Å². The number of halogens is 1. The number of hydrogen-bond donors (Lipinski definition) is 1. The molecule has 3 rings (SSSR count). The molecule has 0 bridgehead atoms. The molecule has 1 unspecified atom stereocenters. The van der Waals surface area contributed by atoms with Crippen molar-refractivity contribution in [2.24, 2.45) is 0 Å². The molecule has 128 valence electrons. The predicted octanol–water partition coefficient (Wildman–Crippen LogP) is 4.60. The Morgan fingerprint density at radius 1 is 1.24 bits per heavy atom. The van der Waals surface area contributed by atoms with Crippen LogP contribution >= 0.6 is 11.6 Å². The zero-order valence-electron chi connectivity index (χ0n) is 13.7. The fraction of sp³-hybridized carbons (Fsp3) is 0.150. The minimum absolute atomic E-state index is 0.224. The van der Waals surface area contributed by atoms with Crippen LogP contribution in [-0.4, -0.2) is 19.6 Å². The minimum atomic E-state index is -0.356. The molecule has 1 N–H and O–H groups in total. The molecule has 25 heavy (non-hydrogen) atoms. The Balaban J connectivity index is 1.62. The molecule has 0 aliphatic heterocycles. The van der Waals surface area contributed by atoms with Crippen LogP contribution in [0.25, 0.3) is 17.0 Å². The summed E-state index contributed by atoms with van der Waals surface area (Å²) < 4.78 is 11.2. The topological polar surface area (TPSA) is 51.5 Å². The van der Waals surface area contributed by atoms with E-state index in [0.29, 0.717) is 17.3 Å². The lowest BCUT2D eigenvalue weighted by molar-refractivity contribution is -0.117. The molecule has 0 saturated carbocycles. The summed E-state index contributed by atoms with van der Waals surface area (Å²) in [5.74, 6) is 0.456. The van der Waals surface area contributed by atoms with Gasteiger partial charge in [-0.3, -0.25) is 4.79 Å². The van der Waals surface area contributed by atoms with E-state index < -0.39 is 0 Å². The van der Waals surface area contributed by atoms with Crippen molar-refractivity contribution in [1.29, 1.82) is 0 Å². The van der Waals surface area contributed by atoms with Crippen LogP contribution in [0, 0.1) is 0 Å². The van der Waals surface area contributed by atoms with Crippen molar-refractivity contribution in [2.45, 2.75) is 6.10 Å². The number of ether oxygens (including phenoxy) is 1. The molecule has 1 heterocycles. The van der Waals surface area contributed by atoms with Gasteiger partial charge in [0.2, 0.25) is 5.91 Å². The number of amides is 1. The van der Waals surface area contributed by atoms with E-state index >= 15 is 0 Å². The van der Waals surface area contributed by atoms with Crippen LogP contribution in [0.3, 0.4) is 0 Å². The SMILES string of the molecule is COC(CNC(=O)C=Cc1ccccc1Cl)c1cc2ccccc2o1. The maximum absolute atomic E-state index is 12.0. The van der Waals surface area contributed by atoms with Crippen LogP contribution < -0.4 is 5.32 Å². The summed E-state index contributed by atoms with van der Waals surface area (Å²) in [5.41, 5.74) is 1.59. The van der Waals surface area contributed by atoms with Crippen LogP contribution in [0.1, 0.15) is 17.4 Å². The van der Waals surface area contributed by atoms with Gasteiger partial charge in [-0.1, -0.05) is 48.0 Å². The first-order chi connectivity index (χ1) is 12.2. The van der Waals surface area contributed by atoms with Crippen molar-refractivity contribution in [3.8, 4) is 0 Å². The molecule has 1 amide bonds. The van der Waals surface area contributed by atoms with Crippen LogP contribution in [-0.2, 0) is 9.53 Å². The van der Waals surface area contributed by atoms with Crippen molar-refractivity contribution in [3.63, 3.8) is 0 Å². The lowest BCUT2D eigenvalue weighted by Crippen LogP contribution is -2.27. The fourth-order valence-electron chi connectivity index (χ4n) is 2.49. The molecule has 3 aromatic rings. The van der Waals surface area contributed by atoms with E-state index in [2.05, 4.69) is 5.32 Å². The third-order valence-corrected chi connectivity index (χ3v) is 4.17. The highest BCUT2D eigenvalue weighted by Crippen LogP contribution is 2.25. The summed E-state index contributed by atoms with van der Waals surface area (Å²) in [4.78, 5) is 12.0. The Hall–Kier alpha value is -2.56. The van der Waals surface area contributed by atoms with E-state index in [1.807, 2.05) is 48.5 Å². The van der Waals surface area contributed by atoms with Crippen LogP contribution in [0.2, 0.25) is 5.02 Å². The van der Waals surface area contributed by atoms with Gasteiger partial charge in [0, 0.05) is 23.6 Å². The van der Waals surface area contributed by atoms with E-state index in [-0.39, 0.29) is 12.0 Å². The summed E-state index contributed by atoms with van der Waals surface area (Å²) in [5, 5.41) is 4.42. The molecule has 0 fully saturated rings. The zero-order chi connectivity index (χ0) is 17.6. The molecular formula is C20H18ClNO3. The lowest BCUT2D eigenvalue weighted by Gasteiger charge is -2.12. The first kappa shape index (κ1) is 17.3. The maximum Gasteiger partial charge on any atom is 0.244 e. The van der Waals surface area contributed by atoms with Gasteiger partial charge in [-0.05, 0) is 29.8 Å². The number of nitrogens with one attached hydrogen (secondary N) is 1. The summed E-state index contributed by atoms with van der Waals surface area (Å²) in [6.07, 6.45) is 2.78. The number of furan rings is 1. The third kappa shape index (κ3) is 4.29. The fourth-order valence-corrected chi connectivity index (χ4v) is 2.69. The zero-order valence-corrected chi connectivity index (χ0v) is 14.5. The monoisotopic (exact) mass is 355 g/mol. The quantitative estimate of drug-likeness (QED) is 0.657. The second-order valence-electron chi connectivity index (χ2n) is 5.51. The summed E-state index contributed by atoms with van der Waals surface area (Å²) in [7, 11) is 1.59. The molecule has 0 radical (unpaired) electrons. The van der Waals surface area contributed by atoms with Crippen molar-refractivity contribution in [2.75, 3.05) is 13.7 Å². The number of hydrogen-bond acceptors (Lipinski definition) is 3. The first-order valence-corrected chi connectivity index (χ1v) is 8.27. The second kappa shape index (κ2) is 8.01. The Bertz CT molecular complexity index is 868.